The van der Waals surface area contributed by atoms with Crippen LogP contribution in [0.3, 0.4) is 0 Å². The van der Waals surface area contributed by atoms with E-state index in [1.807, 2.05) is 0 Å². The predicted molar refractivity (Wildman–Crippen MR) is 60.2 cm³/mol. The SMILES string of the molecule is CCCS(=O)(=O)CC(=O)NC(C)(C)CN. The minimum atomic E-state index is -3.26. The Morgan fingerprint density at radius 3 is 2.33 bits per heavy atom. The molecule has 0 atom stereocenters. The van der Waals surface area contributed by atoms with Crippen LogP contribution >= 0.6 is 0 Å². The third-order valence-electron chi connectivity index (χ3n) is 1.85. The Morgan fingerprint density at radius 2 is 1.93 bits per heavy atom. The number of rotatable bonds is 6. The van der Waals surface area contributed by atoms with Crippen LogP contribution in [0.15, 0.2) is 0 Å². The molecule has 0 aromatic carbocycles. The molecule has 0 spiro atoms. The second-order valence-electron chi connectivity index (χ2n) is 4.23. The first-order valence-corrected chi connectivity index (χ1v) is 6.76. The molecule has 0 fully saturated rings. The van der Waals surface area contributed by atoms with Gasteiger partial charge in [0.25, 0.3) is 0 Å². The van der Waals surface area contributed by atoms with E-state index < -0.39 is 27.0 Å². The molecule has 3 N–H and O–H groups in total. The van der Waals surface area contributed by atoms with Gasteiger partial charge in [0.05, 0.1) is 5.75 Å². The number of hydrogen-bond acceptors (Lipinski definition) is 4. The number of carbonyl (C=O) groups excluding carboxylic acids is 1. The van der Waals surface area contributed by atoms with Gasteiger partial charge in [0.2, 0.25) is 5.91 Å². The van der Waals surface area contributed by atoms with Crippen LogP contribution in [0, 0.1) is 0 Å². The zero-order chi connectivity index (χ0) is 12.1. The molecule has 0 aromatic heterocycles. The van der Waals surface area contributed by atoms with Gasteiger partial charge >= 0.3 is 0 Å². The summed E-state index contributed by atoms with van der Waals surface area (Å²) in [6.45, 7) is 5.53. The molecule has 0 aromatic rings. The largest absolute Gasteiger partial charge is 0.349 e. The lowest BCUT2D eigenvalue weighted by Crippen LogP contribution is -2.50. The van der Waals surface area contributed by atoms with Crippen LogP contribution in [0.5, 0.6) is 0 Å². The van der Waals surface area contributed by atoms with Crippen molar-refractivity contribution in [3.05, 3.63) is 0 Å². The molecule has 0 saturated carbocycles. The highest BCUT2D eigenvalue weighted by molar-refractivity contribution is 7.92. The van der Waals surface area contributed by atoms with Crippen molar-refractivity contribution in [2.24, 2.45) is 5.73 Å². The molecule has 6 heteroatoms. The van der Waals surface area contributed by atoms with Gasteiger partial charge in [-0.3, -0.25) is 4.79 Å². The Morgan fingerprint density at radius 1 is 1.40 bits per heavy atom. The van der Waals surface area contributed by atoms with E-state index in [2.05, 4.69) is 5.32 Å². The molecule has 1 amide bonds. The summed E-state index contributed by atoms with van der Waals surface area (Å²) < 4.78 is 22.6. The smallest absolute Gasteiger partial charge is 0.235 e. The van der Waals surface area contributed by atoms with Crippen LogP contribution in [0.1, 0.15) is 27.2 Å². The van der Waals surface area contributed by atoms with Gasteiger partial charge in [-0.05, 0) is 20.3 Å². The summed E-state index contributed by atoms with van der Waals surface area (Å²) in [6, 6.07) is 0. The number of carbonyl (C=O) groups is 1. The van der Waals surface area contributed by atoms with Gasteiger partial charge in [0.1, 0.15) is 5.75 Å². The second kappa shape index (κ2) is 5.46. The van der Waals surface area contributed by atoms with E-state index in [9.17, 15) is 13.2 Å². The Bertz CT molecular complexity index is 309. The van der Waals surface area contributed by atoms with Crippen molar-refractivity contribution in [2.45, 2.75) is 32.7 Å². The molecule has 90 valence electrons. The van der Waals surface area contributed by atoms with Crippen molar-refractivity contribution >= 4 is 15.7 Å². The van der Waals surface area contributed by atoms with Crippen LogP contribution in [-0.4, -0.2) is 37.9 Å². The zero-order valence-electron chi connectivity index (χ0n) is 9.54. The van der Waals surface area contributed by atoms with Crippen LogP contribution in [-0.2, 0) is 14.6 Å². The van der Waals surface area contributed by atoms with E-state index >= 15 is 0 Å². The molecule has 0 unspecified atom stereocenters. The third-order valence-corrected chi connectivity index (χ3v) is 3.59. The van der Waals surface area contributed by atoms with Gasteiger partial charge in [0.15, 0.2) is 9.84 Å². The van der Waals surface area contributed by atoms with Gasteiger partial charge in [-0.2, -0.15) is 0 Å². The van der Waals surface area contributed by atoms with E-state index in [0.29, 0.717) is 6.42 Å². The highest BCUT2D eigenvalue weighted by Gasteiger charge is 2.22. The number of amides is 1. The number of nitrogens with one attached hydrogen (secondary N) is 1. The average Bonchev–Trinajstić information content (AvgIpc) is 2.01. The topological polar surface area (TPSA) is 89.3 Å². The minimum absolute atomic E-state index is 0.0451. The lowest BCUT2D eigenvalue weighted by Gasteiger charge is -2.24. The molecule has 15 heavy (non-hydrogen) atoms. The Labute approximate surface area is 91.3 Å². The van der Waals surface area contributed by atoms with Crippen molar-refractivity contribution in [1.29, 1.82) is 0 Å². The molecular weight excluding hydrogens is 216 g/mol. The summed E-state index contributed by atoms with van der Waals surface area (Å²) in [6.07, 6.45) is 0.524. The monoisotopic (exact) mass is 236 g/mol. The summed E-state index contributed by atoms with van der Waals surface area (Å²) in [5.41, 5.74) is 4.86. The summed E-state index contributed by atoms with van der Waals surface area (Å²) in [7, 11) is -3.26. The molecule has 0 aliphatic heterocycles. The van der Waals surface area contributed by atoms with Gasteiger partial charge in [-0.1, -0.05) is 6.92 Å². The average molecular weight is 236 g/mol. The Balaban J connectivity index is 4.28. The minimum Gasteiger partial charge on any atom is -0.349 e. The van der Waals surface area contributed by atoms with Gasteiger partial charge in [-0.15, -0.1) is 0 Å². The lowest BCUT2D eigenvalue weighted by atomic mass is 10.1. The van der Waals surface area contributed by atoms with E-state index in [4.69, 9.17) is 5.73 Å². The number of nitrogens with two attached hydrogens (primary N) is 1. The molecule has 0 aliphatic rings. The fourth-order valence-corrected chi connectivity index (χ4v) is 2.29. The van der Waals surface area contributed by atoms with Gasteiger partial charge in [0, 0.05) is 12.1 Å². The highest BCUT2D eigenvalue weighted by Crippen LogP contribution is 2.00. The Kier molecular flexibility index (Phi) is 5.23. The van der Waals surface area contributed by atoms with Crippen molar-refractivity contribution in [2.75, 3.05) is 18.1 Å². The summed E-state index contributed by atoms with van der Waals surface area (Å²) in [4.78, 5) is 11.4. The lowest BCUT2D eigenvalue weighted by molar-refractivity contribution is -0.120. The first-order valence-electron chi connectivity index (χ1n) is 4.94. The van der Waals surface area contributed by atoms with E-state index in [1.54, 1.807) is 20.8 Å². The maximum atomic E-state index is 11.4. The zero-order valence-corrected chi connectivity index (χ0v) is 10.4. The molecule has 0 radical (unpaired) electrons. The first-order chi connectivity index (χ1) is 6.72. The normalized spacial score (nSPS) is 12.5. The van der Waals surface area contributed by atoms with Crippen molar-refractivity contribution in [3.63, 3.8) is 0 Å². The summed E-state index contributed by atoms with van der Waals surface area (Å²) in [5.74, 6) is -0.896. The van der Waals surface area contributed by atoms with E-state index in [0.717, 1.165) is 0 Å². The van der Waals surface area contributed by atoms with Gasteiger partial charge in [-0.25, -0.2) is 8.42 Å². The van der Waals surface area contributed by atoms with Crippen molar-refractivity contribution < 1.29 is 13.2 Å². The van der Waals surface area contributed by atoms with Crippen LogP contribution < -0.4 is 11.1 Å². The fraction of sp³-hybridized carbons (Fsp3) is 0.889. The molecular formula is C9H20N2O3S. The second-order valence-corrected chi connectivity index (χ2v) is 6.41. The molecule has 0 bridgehead atoms. The molecule has 0 saturated heterocycles. The number of sulfone groups is 1. The molecule has 0 aliphatic carbocycles. The Hall–Kier alpha value is -0.620. The predicted octanol–water partition coefficient (Wildman–Crippen LogP) is -0.335. The summed E-state index contributed by atoms with van der Waals surface area (Å²) >= 11 is 0. The molecule has 0 rings (SSSR count). The first kappa shape index (κ1) is 14.4. The maximum absolute atomic E-state index is 11.4. The molecule has 0 heterocycles. The van der Waals surface area contributed by atoms with Crippen molar-refractivity contribution in [1.82, 2.24) is 5.32 Å². The van der Waals surface area contributed by atoms with Crippen molar-refractivity contribution in [3.8, 4) is 0 Å². The van der Waals surface area contributed by atoms with Crippen LogP contribution in [0.4, 0.5) is 0 Å². The standard InChI is InChI=1S/C9H20N2O3S/c1-4-5-15(13,14)6-8(12)11-9(2,3)7-10/h4-7,10H2,1-3H3,(H,11,12). The summed E-state index contributed by atoms with van der Waals surface area (Å²) in [5, 5.41) is 2.58. The van der Waals surface area contributed by atoms with Crippen LogP contribution in [0.2, 0.25) is 0 Å². The van der Waals surface area contributed by atoms with Crippen LogP contribution in [0.25, 0.3) is 0 Å². The van der Waals surface area contributed by atoms with E-state index in [-0.39, 0.29) is 12.3 Å². The number of hydrogen-bond donors (Lipinski definition) is 2. The third kappa shape index (κ3) is 6.46. The molecule has 5 nitrogen and oxygen atoms in total. The maximum Gasteiger partial charge on any atom is 0.235 e. The van der Waals surface area contributed by atoms with E-state index in [1.165, 1.54) is 0 Å². The highest BCUT2D eigenvalue weighted by atomic mass is 32.2. The fourth-order valence-electron chi connectivity index (χ4n) is 1.05. The van der Waals surface area contributed by atoms with Gasteiger partial charge < -0.3 is 11.1 Å². The quantitative estimate of drug-likeness (QED) is 0.660.